The summed E-state index contributed by atoms with van der Waals surface area (Å²) in [4.78, 5) is 29.5. The van der Waals surface area contributed by atoms with Crippen molar-refractivity contribution in [1.82, 2.24) is 25.4 Å². The molecular weight excluding hydrogens is 406 g/mol. The zero-order chi connectivity index (χ0) is 20.7. The molecule has 3 amide bonds. The predicted molar refractivity (Wildman–Crippen MR) is 110 cm³/mol. The van der Waals surface area contributed by atoms with E-state index in [4.69, 9.17) is 16.0 Å². The second kappa shape index (κ2) is 7.31. The number of fused-ring (bicyclic) bond motifs is 1. The molecule has 8 nitrogen and oxygen atoms in total. The Labute approximate surface area is 175 Å². The van der Waals surface area contributed by atoms with Crippen molar-refractivity contribution in [3.63, 3.8) is 0 Å². The predicted octanol–water partition coefficient (Wildman–Crippen LogP) is 3.53. The summed E-state index contributed by atoms with van der Waals surface area (Å²) >= 11 is 5.89. The third-order valence-corrected chi connectivity index (χ3v) is 5.31. The highest BCUT2D eigenvalue weighted by Crippen LogP contribution is 2.23. The minimum Gasteiger partial charge on any atom is -0.419 e. The number of rotatable bonds is 5. The Morgan fingerprint density at radius 3 is 2.70 bits per heavy atom. The topological polar surface area (TPSA) is 104 Å². The summed E-state index contributed by atoms with van der Waals surface area (Å²) in [5, 5.41) is 12.3. The van der Waals surface area contributed by atoms with Crippen LogP contribution >= 0.6 is 11.6 Å². The van der Waals surface area contributed by atoms with Gasteiger partial charge in [-0.25, -0.2) is 4.79 Å². The molecule has 1 aliphatic heterocycles. The number of nitrogens with zero attached hydrogens (tertiary/aromatic N) is 3. The summed E-state index contributed by atoms with van der Waals surface area (Å²) in [6.07, 6.45) is 2.26. The highest BCUT2D eigenvalue weighted by molar-refractivity contribution is 6.30. The van der Waals surface area contributed by atoms with Crippen molar-refractivity contribution in [2.75, 3.05) is 0 Å². The van der Waals surface area contributed by atoms with E-state index in [9.17, 15) is 9.59 Å². The lowest BCUT2D eigenvalue weighted by Gasteiger charge is -2.10. The van der Waals surface area contributed by atoms with Crippen molar-refractivity contribution >= 4 is 34.4 Å². The summed E-state index contributed by atoms with van der Waals surface area (Å²) in [6.45, 7) is -0.0877. The molecule has 1 unspecified atom stereocenters. The first-order valence-corrected chi connectivity index (χ1v) is 9.71. The highest BCUT2D eigenvalue weighted by Gasteiger charge is 2.39. The Bertz CT molecular complexity index is 1250. The Morgan fingerprint density at radius 2 is 1.87 bits per heavy atom. The third kappa shape index (κ3) is 3.31. The Balaban J connectivity index is 1.31. The molecule has 1 saturated heterocycles. The molecule has 4 aromatic rings. The Kier molecular flexibility index (Phi) is 4.48. The summed E-state index contributed by atoms with van der Waals surface area (Å²) in [5.41, 5.74) is 2.66. The van der Waals surface area contributed by atoms with Gasteiger partial charge in [0.15, 0.2) is 0 Å². The average Bonchev–Trinajstić information content (AvgIpc) is 3.44. The van der Waals surface area contributed by atoms with E-state index in [1.807, 2.05) is 30.5 Å². The van der Waals surface area contributed by atoms with Gasteiger partial charge in [0.25, 0.3) is 5.91 Å². The lowest BCUT2D eigenvalue weighted by molar-refractivity contribution is -0.128. The number of carbonyl (C=O) groups excluding carboxylic acids is 2. The number of halogens is 1. The van der Waals surface area contributed by atoms with Crippen LogP contribution in [0.1, 0.15) is 11.5 Å². The number of para-hydroxylation sites is 1. The second-order valence-corrected chi connectivity index (χ2v) is 7.43. The lowest BCUT2D eigenvalue weighted by atomic mass is 10.1. The van der Waals surface area contributed by atoms with Crippen molar-refractivity contribution < 1.29 is 14.0 Å². The number of amides is 3. The van der Waals surface area contributed by atoms with Gasteiger partial charge in [-0.05, 0) is 35.9 Å². The van der Waals surface area contributed by atoms with Crippen LogP contribution in [-0.4, -0.2) is 38.1 Å². The number of H-pyrrole nitrogens is 1. The summed E-state index contributed by atoms with van der Waals surface area (Å²) in [6, 6.07) is 13.7. The van der Waals surface area contributed by atoms with Crippen LogP contribution in [0, 0.1) is 0 Å². The summed E-state index contributed by atoms with van der Waals surface area (Å²) in [7, 11) is 0. The van der Waals surface area contributed by atoms with Gasteiger partial charge >= 0.3 is 6.03 Å². The first-order valence-electron chi connectivity index (χ1n) is 9.33. The number of benzene rings is 2. The SMILES string of the molecule is O=C1NC(Cc2c[nH]c3ccccc23)C(=O)N1Cc1nnc(-c2ccc(Cl)cc2)o1. The summed E-state index contributed by atoms with van der Waals surface area (Å²) in [5.74, 6) is 0.150. The van der Waals surface area contributed by atoms with E-state index in [0.29, 0.717) is 22.9 Å². The molecule has 30 heavy (non-hydrogen) atoms. The van der Waals surface area contributed by atoms with E-state index < -0.39 is 12.1 Å². The first kappa shape index (κ1) is 18.4. The van der Waals surface area contributed by atoms with Gasteiger partial charge in [-0.1, -0.05) is 29.8 Å². The van der Waals surface area contributed by atoms with Crippen molar-refractivity contribution in [3.8, 4) is 11.5 Å². The zero-order valence-electron chi connectivity index (χ0n) is 15.6. The monoisotopic (exact) mass is 421 g/mol. The molecule has 3 heterocycles. The van der Waals surface area contributed by atoms with Gasteiger partial charge < -0.3 is 14.7 Å². The Hall–Kier alpha value is -3.65. The number of urea groups is 1. The van der Waals surface area contributed by atoms with Gasteiger partial charge in [-0.2, -0.15) is 0 Å². The van der Waals surface area contributed by atoms with Gasteiger partial charge in [-0.3, -0.25) is 9.69 Å². The molecule has 5 rings (SSSR count). The molecule has 9 heteroatoms. The number of imide groups is 1. The largest absolute Gasteiger partial charge is 0.419 e. The molecule has 0 bridgehead atoms. The van der Waals surface area contributed by atoms with Gasteiger partial charge in [0.2, 0.25) is 11.8 Å². The van der Waals surface area contributed by atoms with Gasteiger partial charge in [0.1, 0.15) is 12.6 Å². The average molecular weight is 422 g/mol. The molecule has 0 saturated carbocycles. The normalized spacial score (nSPS) is 16.4. The molecule has 150 valence electrons. The molecule has 1 fully saturated rings. The molecule has 1 aliphatic rings. The van der Waals surface area contributed by atoms with E-state index in [2.05, 4.69) is 20.5 Å². The van der Waals surface area contributed by atoms with Crippen LogP contribution in [0.3, 0.4) is 0 Å². The van der Waals surface area contributed by atoms with Crippen LogP contribution in [0.2, 0.25) is 5.02 Å². The molecular formula is C21H16ClN5O3. The number of aromatic nitrogens is 3. The minimum absolute atomic E-state index is 0.0877. The van der Waals surface area contributed by atoms with Crippen LogP contribution in [0.5, 0.6) is 0 Å². The van der Waals surface area contributed by atoms with E-state index in [1.165, 1.54) is 0 Å². The van der Waals surface area contributed by atoms with E-state index in [1.54, 1.807) is 24.3 Å². The molecule has 0 radical (unpaired) electrons. The summed E-state index contributed by atoms with van der Waals surface area (Å²) < 4.78 is 5.62. The van der Waals surface area contributed by atoms with Crippen molar-refractivity contribution in [2.45, 2.75) is 19.0 Å². The lowest BCUT2D eigenvalue weighted by Crippen LogP contribution is -2.32. The fraction of sp³-hybridized carbons (Fsp3) is 0.143. The number of carbonyl (C=O) groups is 2. The molecule has 1 atom stereocenters. The van der Waals surface area contributed by atoms with Crippen molar-refractivity contribution in [1.29, 1.82) is 0 Å². The fourth-order valence-corrected chi connectivity index (χ4v) is 3.67. The standard InChI is InChI=1S/C21H16ClN5O3/c22-14-7-5-12(6-8-14)19-26-25-18(30-19)11-27-20(28)17(24-21(27)29)9-13-10-23-16-4-2-1-3-15(13)16/h1-8,10,17,23H,9,11H2,(H,24,29). The maximum atomic E-state index is 12.8. The zero-order valence-corrected chi connectivity index (χ0v) is 16.4. The van der Waals surface area contributed by atoms with E-state index in [-0.39, 0.29) is 18.3 Å². The minimum atomic E-state index is -0.643. The van der Waals surface area contributed by atoms with Gasteiger partial charge in [0.05, 0.1) is 0 Å². The van der Waals surface area contributed by atoms with Gasteiger partial charge in [0, 0.05) is 34.1 Å². The quantitative estimate of drug-likeness (QED) is 0.480. The van der Waals surface area contributed by atoms with Crippen LogP contribution < -0.4 is 5.32 Å². The van der Waals surface area contributed by atoms with Crippen LogP contribution in [0.4, 0.5) is 4.79 Å². The third-order valence-electron chi connectivity index (χ3n) is 5.06. The van der Waals surface area contributed by atoms with Gasteiger partial charge in [-0.15, -0.1) is 10.2 Å². The van der Waals surface area contributed by atoms with Crippen molar-refractivity contribution in [3.05, 3.63) is 71.2 Å². The molecule has 0 spiro atoms. The van der Waals surface area contributed by atoms with E-state index in [0.717, 1.165) is 21.4 Å². The Morgan fingerprint density at radius 1 is 1.07 bits per heavy atom. The molecule has 2 aromatic heterocycles. The molecule has 0 aliphatic carbocycles. The number of hydrogen-bond acceptors (Lipinski definition) is 5. The van der Waals surface area contributed by atoms with Crippen LogP contribution in [-0.2, 0) is 17.8 Å². The molecule has 2 N–H and O–H groups in total. The number of hydrogen-bond donors (Lipinski definition) is 2. The van der Waals surface area contributed by atoms with Crippen molar-refractivity contribution in [2.24, 2.45) is 0 Å². The maximum absolute atomic E-state index is 12.8. The van der Waals surface area contributed by atoms with E-state index >= 15 is 0 Å². The first-order chi connectivity index (χ1) is 14.6. The number of aromatic amines is 1. The fourth-order valence-electron chi connectivity index (χ4n) is 3.55. The maximum Gasteiger partial charge on any atom is 0.325 e. The smallest absolute Gasteiger partial charge is 0.325 e. The highest BCUT2D eigenvalue weighted by atomic mass is 35.5. The second-order valence-electron chi connectivity index (χ2n) is 7.00. The molecule has 2 aromatic carbocycles. The number of nitrogens with one attached hydrogen (secondary N) is 2. The van der Waals surface area contributed by atoms with Crippen LogP contribution in [0.15, 0.2) is 59.1 Å². The van der Waals surface area contributed by atoms with Crippen LogP contribution in [0.25, 0.3) is 22.4 Å².